The maximum absolute atomic E-state index is 12.9. The first-order valence-electron chi connectivity index (χ1n) is 10.2. The number of hydrogen-bond donors (Lipinski definition) is 0. The number of ether oxygens (including phenoxy) is 1. The van der Waals surface area contributed by atoms with Crippen molar-refractivity contribution in [2.75, 3.05) is 19.7 Å². The Labute approximate surface area is 172 Å². The maximum atomic E-state index is 12.9. The average Bonchev–Trinajstić information content (AvgIpc) is 3.46. The van der Waals surface area contributed by atoms with E-state index in [2.05, 4.69) is 15.3 Å². The first-order chi connectivity index (χ1) is 14.7. The largest absolute Gasteiger partial charge is 0.477 e. The van der Waals surface area contributed by atoms with Gasteiger partial charge in [-0.05, 0) is 30.9 Å². The lowest BCUT2D eigenvalue weighted by molar-refractivity contribution is 0.0674. The van der Waals surface area contributed by atoms with Crippen molar-refractivity contribution >= 4 is 5.91 Å². The van der Waals surface area contributed by atoms with Crippen molar-refractivity contribution in [3.63, 3.8) is 0 Å². The third kappa shape index (κ3) is 3.49. The van der Waals surface area contributed by atoms with Crippen LogP contribution in [0.25, 0.3) is 5.82 Å². The van der Waals surface area contributed by atoms with Crippen LogP contribution in [0.3, 0.4) is 0 Å². The van der Waals surface area contributed by atoms with E-state index >= 15 is 0 Å². The highest BCUT2D eigenvalue weighted by Crippen LogP contribution is 2.26. The summed E-state index contributed by atoms with van der Waals surface area (Å²) in [6.07, 6.45) is 7.61. The molecule has 1 saturated heterocycles. The predicted octanol–water partition coefficient (Wildman–Crippen LogP) is 0.960. The number of rotatable bonds is 4. The van der Waals surface area contributed by atoms with Crippen LogP contribution in [0.4, 0.5) is 0 Å². The van der Waals surface area contributed by atoms with Gasteiger partial charge in [0.15, 0.2) is 5.82 Å². The molecule has 0 aromatic carbocycles. The van der Waals surface area contributed by atoms with Crippen LogP contribution in [0.1, 0.15) is 29.6 Å². The Morgan fingerprint density at radius 1 is 1.17 bits per heavy atom. The van der Waals surface area contributed by atoms with Gasteiger partial charge >= 0.3 is 0 Å². The van der Waals surface area contributed by atoms with Crippen LogP contribution in [0.15, 0.2) is 41.6 Å². The minimum atomic E-state index is -0.131. The molecule has 30 heavy (non-hydrogen) atoms. The highest BCUT2D eigenvalue weighted by molar-refractivity contribution is 5.96. The molecule has 2 aliphatic rings. The molecule has 0 radical (unpaired) electrons. The normalized spacial score (nSPS) is 16.9. The second kappa shape index (κ2) is 7.77. The zero-order chi connectivity index (χ0) is 20.5. The second-order valence-corrected chi connectivity index (χ2v) is 7.69. The zero-order valence-electron chi connectivity index (χ0n) is 16.6. The number of aryl methyl sites for hydroxylation is 1. The lowest BCUT2D eigenvalue weighted by atomic mass is 9.96. The summed E-state index contributed by atoms with van der Waals surface area (Å²) in [5.41, 5.74) is 0.408. The molecule has 0 aliphatic carbocycles. The van der Waals surface area contributed by atoms with Gasteiger partial charge in [0.05, 0.1) is 12.8 Å². The molecule has 2 aliphatic heterocycles. The maximum Gasteiger partial charge on any atom is 0.266 e. The standard InChI is InChI=1S/C20H23N7O3/c28-18-4-3-17(25-8-1-7-21-25)23-27(18)14-15-5-10-24(11-6-15)19(29)16-13-22-26-9-2-12-30-20(16)26/h1,3-4,7-8,13,15H,2,5-6,9-12,14H2. The van der Waals surface area contributed by atoms with Crippen molar-refractivity contribution in [3.8, 4) is 11.7 Å². The number of fused-ring (bicyclic) bond motifs is 1. The van der Waals surface area contributed by atoms with E-state index < -0.39 is 0 Å². The Balaban J connectivity index is 1.24. The third-order valence-corrected chi connectivity index (χ3v) is 5.70. The summed E-state index contributed by atoms with van der Waals surface area (Å²) in [5, 5.41) is 12.9. The minimum Gasteiger partial charge on any atom is -0.477 e. The van der Waals surface area contributed by atoms with Crippen molar-refractivity contribution in [3.05, 3.63) is 52.7 Å². The first-order valence-corrected chi connectivity index (χ1v) is 10.2. The summed E-state index contributed by atoms with van der Waals surface area (Å²) >= 11 is 0. The molecule has 0 saturated carbocycles. The number of likely N-dealkylation sites (tertiary alicyclic amines) is 1. The van der Waals surface area contributed by atoms with Crippen molar-refractivity contribution in [1.29, 1.82) is 0 Å². The van der Waals surface area contributed by atoms with Crippen LogP contribution in [0, 0.1) is 5.92 Å². The zero-order valence-corrected chi connectivity index (χ0v) is 16.6. The van der Waals surface area contributed by atoms with Crippen molar-refractivity contribution in [2.24, 2.45) is 5.92 Å². The predicted molar refractivity (Wildman–Crippen MR) is 107 cm³/mol. The first kappa shape index (κ1) is 18.6. The number of carbonyl (C=O) groups excluding carboxylic acids is 1. The van der Waals surface area contributed by atoms with E-state index in [-0.39, 0.29) is 17.4 Å². The quantitative estimate of drug-likeness (QED) is 0.636. The van der Waals surface area contributed by atoms with E-state index in [0.717, 1.165) is 25.8 Å². The molecule has 156 valence electrons. The number of amides is 1. The highest BCUT2D eigenvalue weighted by Gasteiger charge is 2.29. The summed E-state index contributed by atoms with van der Waals surface area (Å²) in [5.74, 6) is 1.44. The SMILES string of the molecule is O=C(c1cnn2c1OCCC2)N1CCC(Cn2nc(-n3cccn3)ccc2=O)CC1. The van der Waals surface area contributed by atoms with Crippen LogP contribution in [0.2, 0.25) is 0 Å². The van der Waals surface area contributed by atoms with Crippen LogP contribution >= 0.6 is 0 Å². The summed E-state index contributed by atoms with van der Waals surface area (Å²) in [6.45, 7) is 3.21. The second-order valence-electron chi connectivity index (χ2n) is 7.69. The molecule has 0 bridgehead atoms. The van der Waals surface area contributed by atoms with Gasteiger partial charge in [-0.2, -0.15) is 10.2 Å². The van der Waals surface area contributed by atoms with Gasteiger partial charge in [0.2, 0.25) is 5.88 Å². The number of carbonyl (C=O) groups is 1. The topological polar surface area (TPSA) is 100 Å². The molecule has 0 N–H and O–H groups in total. The van der Waals surface area contributed by atoms with Crippen molar-refractivity contribution in [1.82, 2.24) is 34.2 Å². The van der Waals surface area contributed by atoms with E-state index in [1.165, 1.54) is 10.7 Å². The summed E-state index contributed by atoms with van der Waals surface area (Å²) in [4.78, 5) is 27.1. The lowest BCUT2D eigenvalue weighted by Crippen LogP contribution is -2.40. The molecular formula is C20H23N7O3. The van der Waals surface area contributed by atoms with Crippen LogP contribution in [-0.4, -0.2) is 59.8 Å². The Kier molecular flexibility index (Phi) is 4.82. The molecule has 1 fully saturated rings. The van der Waals surface area contributed by atoms with Gasteiger partial charge in [0, 0.05) is 51.1 Å². The van der Waals surface area contributed by atoms with Crippen molar-refractivity contribution < 1.29 is 9.53 Å². The fraction of sp³-hybridized carbons (Fsp3) is 0.450. The molecule has 0 spiro atoms. The Morgan fingerprint density at radius 2 is 2.03 bits per heavy atom. The minimum absolute atomic E-state index is 0.0347. The third-order valence-electron chi connectivity index (χ3n) is 5.70. The highest BCUT2D eigenvalue weighted by atomic mass is 16.5. The summed E-state index contributed by atoms with van der Waals surface area (Å²) in [6, 6.07) is 5.00. The fourth-order valence-corrected chi connectivity index (χ4v) is 4.04. The molecule has 5 rings (SSSR count). The monoisotopic (exact) mass is 409 g/mol. The van der Waals surface area contributed by atoms with Gasteiger partial charge in [0.1, 0.15) is 5.56 Å². The Bertz CT molecular complexity index is 1090. The smallest absolute Gasteiger partial charge is 0.266 e. The fourth-order valence-electron chi connectivity index (χ4n) is 4.04. The molecule has 10 heteroatoms. The van der Waals surface area contributed by atoms with E-state index in [1.807, 2.05) is 11.0 Å². The van der Waals surface area contributed by atoms with Crippen LogP contribution < -0.4 is 10.3 Å². The van der Waals surface area contributed by atoms with Gasteiger partial charge < -0.3 is 9.64 Å². The van der Waals surface area contributed by atoms with Crippen LogP contribution in [-0.2, 0) is 13.1 Å². The molecule has 1 amide bonds. The number of hydrogen-bond acceptors (Lipinski definition) is 6. The Morgan fingerprint density at radius 3 is 2.83 bits per heavy atom. The summed E-state index contributed by atoms with van der Waals surface area (Å²) < 4.78 is 10.6. The molecule has 0 unspecified atom stereocenters. The van der Waals surface area contributed by atoms with Crippen LogP contribution in [0.5, 0.6) is 5.88 Å². The molecule has 10 nitrogen and oxygen atoms in total. The van der Waals surface area contributed by atoms with Gasteiger partial charge in [-0.1, -0.05) is 0 Å². The van der Waals surface area contributed by atoms with E-state index in [9.17, 15) is 9.59 Å². The molecule has 0 atom stereocenters. The van der Waals surface area contributed by atoms with E-state index in [1.54, 1.807) is 34.0 Å². The van der Waals surface area contributed by atoms with Gasteiger partial charge in [-0.15, -0.1) is 5.10 Å². The van der Waals surface area contributed by atoms with E-state index in [4.69, 9.17) is 4.74 Å². The average molecular weight is 409 g/mol. The molecule has 3 aromatic rings. The van der Waals surface area contributed by atoms with Gasteiger partial charge in [-0.3, -0.25) is 9.59 Å². The lowest BCUT2D eigenvalue weighted by Gasteiger charge is -2.32. The summed E-state index contributed by atoms with van der Waals surface area (Å²) in [7, 11) is 0. The molecule has 3 aromatic heterocycles. The number of piperidine rings is 1. The number of nitrogens with zero attached hydrogens (tertiary/aromatic N) is 7. The number of aromatic nitrogens is 6. The van der Waals surface area contributed by atoms with Crippen molar-refractivity contribution in [2.45, 2.75) is 32.4 Å². The van der Waals surface area contributed by atoms with E-state index in [0.29, 0.717) is 43.5 Å². The van der Waals surface area contributed by atoms with Gasteiger partial charge in [-0.25, -0.2) is 14.0 Å². The molecular weight excluding hydrogens is 386 g/mol. The Hall–Kier alpha value is -3.43. The van der Waals surface area contributed by atoms with Gasteiger partial charge in [0.25, 0.3) is 11.5 Å². The molecule has 5 heterocycles.